The summed E-state index contributed by atoms with van der Waals surface area (Å²) in [5, 5.41) is 11.4. The van der Waals surface area contributed by atoms with Gasteiger partial charge in [0.1, 0.15) is 5.41 Å². The van der Waals surface area contributed by atoms with E-state index in [1.165, 1.54) is 0 Å². The number of carbonyl (C=O) groups excluding carboxylic acids is 1. The van der Waals surface area contributed by atoms with Crippen molar-refractivity contribution in [1.29, 1.82) is 0 Å². The summed E-state index contributed by atoms with van der Waals surface area (Å²) in [6.07, 6.45) is 0.863. The van der Waals surface area contributed by atoms with Crippen LogP contribution < -0.4 is 5.32 Å². The maximum Gasteiger partial charge on any atom is 0.319 e. The molecule has 1 amide bonds. The normalized spacial score (nSPS) is 16.6. The third kappa shape index (κ3) is 3.06. The first kappa shape index (κ1) is 12.7. The fourth-order valence-electron chi connectivity index (χ4n) is 1.32. The Morgan fingerprint density at radius 1 is 1.50 bits per heavy atom. The van der Waals surface area contributed by atoms with Crippen molar-refractivity contribution in [3.8, 4) is 0 Å². The van der Waals surface area contributed by atoms with Crippen LogP contribution in [0.5, 0.6) is 0 Å². The lowest BCUT2D eigenvalue weighted by Crippen LogP contribution is -2.38. The van der Waals surface area contributed by atoms with E-state index in [1.54, 1.807) is 0 Å². The minimum atomic E-state index is -1.16. The summed E-state index contributed by atoms with van der Waals surface area (Å²) in [6.45, 7) is 6.68. The molecule has 5 heteroatoms. The molecule has 1 fully saturated rings. The summed E-state index contributed by atoms with van der Waals surface area (Å²) in [5.74, 6) is -1.44. The number of carboxylic acids is 1. The molecule has 0 aliphatic heterocycles. The van der Waals surface area contributed by atoms with E-state index in [4.69, 9.17) is 9.84 Å². The van der Waals surface area contributed by atoms with Crippen molar-refractivity contribution in [1.82, 2.24) is 5.32 Å². The standard InChI is InChI=1S/C11H17NO4/c1-8(2)7-16-6-5-12-9(13)11(3-4-11)10(14)15/h1,3-7H2,2H3,(H,12,13)(H,14,15). The third-order valence-electron chi connectivity index (χ3n) is 2.47. The van der Waals surface area contributed by atoms with E-state index in [9.17, 15) is 9.59 Å². The van der Waals surface area contributed by atoms with Gasteiger partial charge in [0.15, 0.2) is 0 Å². The van der Waals surface area contributed by atoms with Gasteiger partial charge in [-0.15, -0.1) is 0 Å². The number of amides is 1. The zero-order valence-electron chi connectivity index (χ0n) is 9.41. The average Bonchev–Trinajstić information content (AvgIpc) is 2.96. The lowest BCUT2D eigenvalue weighted by Gasteiger charge is -2.10. The highest BCUT2D eigenvalue weighted by Gasteiger charge is 2.56. The van der Waals surface area contributed by atoms with Crippen molar-refractivity contribution in [2.75, 3.05) is 19.8 Å². The van der Waals surface area contributed by atoms with E-state index in [1.807, 2.05) is 6.92 Å². The van der Waals surface area contributed by atoms with Crippen molar-refractivity contribution >= 4 is 11.9 Å². The monoisotopic (exact) mass is 227 g/mol. The molecular formula is C11H17NO4. The van der Waals surface area contributed by atoms with Crippen LogP contribution in [-0.4, -0.2) is 36.7 Å². The number of aliphatic carboxylic acids is 1. The fraction of sp³-hybridized carbons (Fsp3) is 0.636. The molecule has 0 saturated heterocycles. The first-order chi connectivity index (χ1) is 7.49. The molecule has 2 N–H and O–H groups in total. The molecule has 0 spiro atoms. The minimum Gasteiger partial charge on any atom is -0.480 e. The number of ether oxygens (including phenoxy) is 1. The zero-order chi connectivity index (χ0) is 12.2. The molecule has 0 aromatic carbocycles. The summed E-state index contributed by atoms with van der Waals surface area (Å²) in [5.41, 5.74) is -0.246. The number of nitrogens with one attached hydrogen (secondary N) is 1. The van der Waals surface area contributed by atoms with Crippen LogP contribution in [0.2, 0.25) is 0 Å². The predicted octanol–water partition coefficient (Wildman–Crippen LogP) is 0.560. The molecule has 0 heterocycles. The second kappa shape index (κ2) is 5.12. The highest BCUT2D eigenvalue weighted by Crippen LogP contribution is 2.45. The molecule has 0 aromatic rings. The quantitative estimate of drug-likeness (QED) is 0.378. The maximum atomic E-state index is 11.5. The average molecular weight is 227 g/mol. The molecule has 0 bridgehead atoms. The molecule has 0 unspecified atom stereocenters. The van der Waals surface area contributed by atoms with Gasteiger partial charge in [-0.05, 0) is 19.8 Å². The van der Waals surface area contributed by atoms with Crippen LogP contribution in [0, 0.1) is 5.41 Å². The highest BCUT2D eigenvalue weighted by molar-refractivity contribution is 6.04. The van der Waals surface area contributed by atoms with Gasteiger partial charge < -0.3 is 15.2 Å². The molecule has 16 heavy (non-hydrogen) atoms. The van der Waals surface area contributed by atoms with Gasteiger partial charge in [0.25, 0.3) is 0 Å². The molecule has 5 nitrogen and oxygen atoms in total. The van der Waals surface area contributed by atoms with Crippen molar-refractivity contribution in [3.63, 3.8) is 0 Å². The number of carboxylic acid groups (broad SMARTS) is 1. The van der Waals surface area contributed by atoms with Gasteiger partial charge in [0.05, 0.1) is 13.2 Å². The van der Waals surface area contributed by atoms with Crippen molar-refractivity contribution in [3.05, 3.63) is 12.2 Å². The Labute approximate surface area is 94.5 Å². The van der Waals surface area contributed by atoms with E-state index < -0.39 is 17.3 Å². The summed E-state index contributed by atoms with van der Waals surface area (Å²) in [7, 11) is 0. The Morgan fingerprint density at radius 3 is 2.56 bits per heavy atom. The number of rotatable bonds is 7. The van der Waals surface area contributed by atoms with Gasteiger partial charge in [0.2, 0.25) is 5.91 Å². The van der Waals surface area contributed by atoms with Crippen LogP contribution in [0.15, 0.2) is 12.2 Å². The molecule has 1 aliphatic carbocycles. The molecule has 0 radical (unpaired) electrons. The highest BCUT2D eigenvalue weighted by atomic mass is 16.5. The van der Waals surface area contributed by atoms with Crippen LogP contribution in [0.1, 0.15) is 19.8 Å². The van der Waals surface area contributed by atoms with Crippen molar-refractivity contribution < 1.29 is 19.4 Å². The summed E-state index contributed by atoms with van der Waals surface area (Å²) in [4.78, 5) is 22.3. The van der Waals surface area contributed by atoms with E-state index in [-0.39, 0.29) is 0 Å². The van der Waals surface area contributed by atoms with Gasteiger partial charge in [0, 0.05) is 6.54 Å². The molecule has 90 valence electrons. The van der Waals surface area contributed by atoms with Crippen LogP contribution in [-0.2, 0) is 14.3 Å². The lowest BCUT2D eigenvalue weighted by molar-refractivity contribution is -0.149. The lowest BCUT2D eigenvalue weighted by atomic mass is 10.1. The molecule has 1 saturated carbocycles. The van der Waals surface area contributed by atoms with E-state index in [0.29, 0.717) is 32.6 Å². The molecule has 0 aromatic heterocycles. The van der Waals surface area contributed by atoms with E-state index in [2.05, 4.69) is 11.9 Å². The largest absolute Gasteiger partial charge is 0.480 e. The van der Waals surface area contributed by atoms with E-state index >= 15 is 0 Å². The van der Waals surface area contributed by atoms with Gasteiger partial charge in [-0.1, -0.05) is 12.2 Å². The topological polar surface area (TPSA) is 75.6 Å². The Morgan fingerprint density at radius 2 is 2.12 bits per heavy atom. The summed E-state index contributed by atoms with van der Waals surface area (Å²) >= 11 is 0. The smallest absolute Gasteiger partial charge is 0.319 e. The van der Waals surface area contributed by atoms with Gasteiger partial charge in [-0.25, -0.2) is 0 Å². The van der Waals surface area contributed by atoms with Gasteiger partial charge in [-0.2, -0.15) is 0 Å². The number of hydrogen-bond acceptors (Lipinski definition) is 3. The zero-order valence-corrected chi connectivity index (χ0v) is 9.41. The number of hydrogen-bond donors (Lipinski definition) is 2. The second-order valence-corrected chi connectivity index (χ2v) is 4.15. The van der Waals surface area contributed by atoms with Crippen molar-refractivity contribution in [2.24, 2.45) is 5.41 Å². The molecule has 1 aliphatic rings. The second-order valence-electron chi connectivity index (χ2n) is 4.15. The van der Waals surface area contributed by atoms with Crippen LogP contribution >= 0.6 is 0 Å². The van der Waals surface area contributed by atoms with E-state index in [0.717, 1.165) is 5.57 Å². The molecular weight excluding hydrogens is 210 g/mol. The summed E-state index contributed by atoms with van der Waals surface area (Å²) < 4.78 is 5.18. The third-order valence-corrected chi connectivity index (χ3v) is 2.47. The first-order valence-corrected chi connectivity index (χ1v) is 5.23. The fourth-order valence-corrected chi connectivity index (χ4v) is 1.32. The Kier molecular flexibility index (Phi) is 4.06. The van der Waals surface area contributed by atoms with Crippen molar-refractivity contribution in [2.45, 2.75) is 19.8 Å². The van der Waals surface area contributed by atoms with Gasteiger partial charge in [-0.3, -0.25) is 9.59 Å². The molecule has 1 rings (SSSR count). The predicted molar refractivity (Wildman–Crippen MR) is 57.9 cm³/mol. The minimum absolute atomic E-state index is 0.334. The number of carbonyl (C=O) groups is 2. The Hall–Kier alpha value is -1.36. The SMILES string of the molecule is C=C(C)COCCNC(=O)C1(C(=O)O)CC1. The van der Waals surface area contributed by atoms with Gasteiger partial charge >= 0.3 is 5.97 Å². The van der Waals surface area contributed by atoms with Crippen LogP contribution in [0.4, 0.5) is 0 Å². The summed E-state index contributed by atoms with van der Waals surface area (Å²) in [6, 6.07) is 0. The van der Waals surface area contributed by atoms with Crippen LogP contribution in [0.3, 0.4) is 0 Å². The Balaban J connectivity index is 2.16. The molecule has 0 atom stereocenters. The first-order valence-electron chi connectivity index (χ1n) is 5.23. The van der Waals surface area contributed by atoms with Crippen LogP contribution in [0.25, 0.3) is 0 Å². The maximum absolute atomic E-state index is 11.5. The Bertz CT molecular complexity index is 307.